The Kier molecular flexibility index (Phi) is 9.94. The molecule has 3 fully saturated rings. The van der Waals surface area contributed by atoms with Crippen molar-refractivity contribution < 1.29 is 4.74 Å². The second-order valence-electron chi connectivity index (χ2n) is 7.72. The summed E-state index contributed by atoms with van der Waals surface area (Å²) in [6, 6.07) is 0.669. The van der Waals surface area contributed by atoms with Crippen LogP contribution in [-0.4, -0.2) is 99.3 Å². The Morgan fingerprint density at radius 3 is 2.65 bits per heavy atom. The van der Waals surface area contributed by atoms with Crippen LogP contribution in [0.5, 0.6) is 0 Å². The molecule has 152 valence electrons. The van der Waals surface area contributed by atoms with Gasteiger partial charge in [0.15, 0.2) is 5.96 Å². The maximum atomic E-state index is 5.46. The predicted molar refractivity (Wildman–Crippen MR) is 119 cm³/mol. The number of hydrogen-bond donors (Lipinski definition) is 1. The Morgan fingerprint density at radius 2 is 1.92 bits per heavy atom. The number of piperidine rings is 1. The molecule has 0 aromatic carbocycles. The highest BCUT2D eigenvalue weighted by molar-refractivity contribution is 14.0. The first-order valence-electron chi connectivity index (χ1n) is 10.3. The third kappa shape index (κ3) is 6.21. The van der Waals surface area contributed by atoms with Crippen LogP contribution < -0.4 is 5.32 Å². The summed E-state index contributed by atoms with van der Waals surface area (Å²) in [5.41, 5.74) is 0. The van der Waals surface area contributed by atoms with Crippen LogP contribution in [0.15, 0.2) is 4.99 Å². The maximum Gasteiger partial charge on any atom is 0.193 e. The van der Waals surface area contributed by atoms with Gasteiger partial charge >= 0.3 is 0 Å². The first-order chi connectivity index (χ1) is 12.3. The van der Waals surface area contributed by atoms with E-state index < -0.39 is 0 Å². The van der Waals surface area contributed by atoms with Crippen LogP contribution in [0.25, 0.3) is 0 Å². The summed E-state index contributed by atoms with van der Waals surface area (Å²) in [5, 5.41) is 3.67. The number of ether oxygens (including phenoxy) is 1. The molecule has 0 saturated carbocycles. The van der Waals surface area contributed by atoms with Crippen molar-refractivity contribution in [2.75, 3.05) is 72.6 Å². The van der Waals surface area contributed by atoms with Crippen molar-refractivity contribution >= 4 is 29.9 Å². The molecule has 3 aliphatic heterocycles. The first kappa shape index (κ1) is 22.2. The second kappa shape index (κ2) is 11.7. The summed E-state index contributed by atoms with van der Waals surface area (Å²) in [5.74, 6) is 1.87. The topological polar surface area (TPSA) is 43.3 Å². The first-order valence-corrected chi connectivity index (χ1v) is 10.3. The van der Waals surface area contributed by atoms with E-state index in [1.807, 2.05) is 7.05 Å². The average molecular weight is 479 g/mol. The van der Waals surface area contributed by atoms with Crippen molar-refractivity contribution in [2.45, 2.75) is 38.6 Å². The minimum atomic E-state index is 0. The predicted octanol–water partition coefficient (Wildman–Crippen LogP) is 1.71. The maximum absolute atomic E-state index is 5.46. The Balaban J connectivity index is 0.00000243. The third-order valence-corrected chi connectivity index (χ3v) is 6.07. The van der Waals surface area contributed by atoms with Crippen molar-refractivity contribution in [3.05, 3.63) is 0 Å². The van der Waals surface area contributed by atoms with Crippen LogP contribution in [0.1, 0.15) is 32.6 Å². The van der Waals surface area contributed by atoms with E-state index in [9.17, 15) is 0 Å². The van der Waals surface area contributed by atoms with Crippen LogP contribution in [0, 0.1) is 5.92 Å². The SMILES string of the molecule is CCN1CCCCC1CNC(=NC)N1CCC(CN2CCOCC2)C1.I. The number of likely N-dealkylation sites (tertiary alicyclic amines) is 2. The number of guanidine groups is 1. The average Bonchev–Trinajstić information content (AvgIpc) is 3.11. The Labute approximate surface area is 176 Å². The molecule has 3 aliphatic rings. The van der Waals surface area contributed by atoms with Gasteiger partial charge in [0.05, 0.1) is 13.2 Å². The molecule has 0 aromatic heterocycles. The molecule has 6 nitrogen and oxygen atoms in total. The van der Waals surface area contributed by atoms with Gasteiger partial charge in [0, 0.05) is 52.4 Å². The van der Waals surface area contributed by atoms with E-state index in [2.05, 4.69) is 31.9 Å². The molecule has 0 amide bonds. The summed E-state index contributed by atoms with van der Waals surface area (Å²) < 4.78 is 5.46. The lowest BCUT2D eigenvalue weighted by atomic mass is 10.0. The molecular weight excluding hydrogens is 441 g/mol. The lowest BCUT2D eigenvalue weighted by Gasteiger charge is -2.36. The standard InChI is InChI=1S/C19H37N5O.HI/c1-3-23-8-5-4-6-18(23)14-21-19(20-2)24-9-7-17(16-24)15-22-10-12-25-13-11-22;/h17-18H,3-16H2,1-2H3,(H,20,21);1H. The highest BCUT2D eigenvalue weighted by Gasteiger charge is 2.28. The van der Waals surface area contributed by atoms with E-state index in [1.165, 1.54) is 38.8 Å². The number of morpholine rings is 1. The monoisotopic (exact) mass is 479 g/mol. The van der Waals surface area contributed by atoms with Crippen molar-refractivity contribution in [1.29, 1.82) is 0 Å². The van der Waals surface area contributed by atoms with Crippen LogP contribution in [0.4, 0.5) is 0 Å². The van der Waals surface area contributed by atoms with Gasteiger partial charge < -0.3 is 15.0 Å². The molecule has 3 heterocycles. The molecule has 2 atom stereocenters. The van der Waals surface area contributed by atoms with E-state index in [0.717, 1.165) is 64.4 Å². The Bertz CT molecular complexity index is 430. The molecule has 7 heteroatoms. The fourth-order valence-electron chi connectivity index (χ4n) is 4.57. The molecule has 26 heavy (non-hydrogen) atoms. The van der Waals surface area contributed by atoms with Crippen molar-refractivity contribution in [1.82, 2.24) is 20.0 Å². The number of hydrogen-bond acceptors (Lipinski definition) is 4. The second-order valence-corrected chi connectivity index (χ2v) is 7.72. The van der Waals surface area contributed by atoms with Gasteiger partial charge in [-0.3, -0.25) is 14.8 Å². The zero-order valence-corrected chi connectivity index (χ0v) is 19.0. The fraction of sp³-hybridized carbons (Fsp3) is 0.947. The smallest absolute Gasteiger partial charge is 0.193 e. The fourth-order valence-corrected chi connectivity index (χ4v) is 4.57. The van der Waals surface area contributed by atoms with Crippen molar-refractivity contribution in [3.63, 3.8) is 0 Å². The molecule has 3 saturated heterocycles. The van der Waals surface area contributed by atoms with Gasteiger partial charge in [-0.1, -0.05) is 13.3 Å². The van der Waals surface area contributed by atoms with Crippen LogP contribution in [0.2, 0.25) is 0 Å². The zero-order valence-electron chi connectivity index (χ0n) is 16.7. The molecule has 0 bridgehead atoms. The number of halogens is 1. The van der Waals surface area contributed by atoms with Gasteiger partial charge in [0.1, 0.15) is 0 Å². The molecule has 2 unspecified atom stereocenters. The highest BCUT2D eigenvalue weighted by Crippen LogP contribution is 2.19. The zero-order chi connectivity index (χ0) is 17.5. The molecule has 3 rings (SSSR count). The lowest BCUT2D eigenvalue weighted by Crippen LogP contribution is -2.49. The van der Waals surface area contributed by atoms with Gasteiger partial charge in [-0.05, 0) is 38.3 Å². The van der Waals surface area contributed by atoms with Gasteiger partial charge in [-0.25, -0.2) is 0 Å². The normalized spacial score (nSPS) is 28.8. The lowest BCUT2D eigenvalue weighted by molar-refractivity contribution is 0.0315. The van der Waals surface area contributed by atoms with Crippen LogP contribution >= 0.6 is 24.0 Å². The van der Waals surface area contributed by atoms with Crippen LogP contribution in [0.3, 0.4) is 0 Å². The van der Waals surface area contributed by atoms with Crippen molar-refractivity contribution in [3.8, 4) is 0 Å². The van der Waals surface area contributed by atoms with Crippen LogP contribution in [-0.2, 0) is 4.74 Å². The minimum Gasteiger partial charge on any atom is -0.379 e. The van der Waals surface area contributed by atoms with Gasteiger partial charge in [-0.15, -0.1) is 24.0 Å². The summed E-state index contributed by atoms with van der Waals surface area (Å²) in [4.78, 5) is 12.2. The number of nitrogens with zero attached hydrogens (tertiary/aromatic N) is 4. The highest BCUT2D eigenvalue weighted by atomic mass is 127. The molecule has 0 spiro atoms. The van der Waals surface area contributed by atoms with E-state index in [1.54, 1.807) is 0 Å². The van der Waals surface area contributed by atoms with E-state index in [-0.39, 0.29) is 24.0 Å². The van der Waals surface area contributed by atoms with Gasteiger partial charge in [0.2, 0.25) is 0 Å². The third-order valence-electron chi connectivity index (χ3n) is 6.07. The number of rotatable bonds is 5. The van der Waals surface area contributed by atoms with E-state index >= 15 is 0 Å². The summed E-state index contributed by atoms with van der Waals surface area (Å²) in [6.45, 7) is 13.2. The summed E-state index contributed by atoms with van der Waals surface area (Å²) >= 11 is 0. The minimum absolute atomic E-state index is 0. The summed E-state index contributed by atoms with van der Waals surface area (Å²) in [7, 11) is 1.93. The summed E-state index contributed by atoms with van der Waals surface area (Å²) in [6.07, 6.45) is 5.32. The number of likely N-dealkylation sites (N-methyl/N-ethyl adjacent to an activating group) is 1. The largest absolute Gasteiger partial charge is 0.379 e. The number of nitrogens with one attached hydrogen (secondary N) is 1. The molecule has 1 N–H and O–H groups in total. The van der Waals surface area contributed by atoms with Gasteiger partial charge in [0.25, 0.3) is 0 Å². The van der Waals surface area contributed by atoms with Crippen molar-refractivity contribution in [2.24, 2.45) is 10.9 Å². The molecule has 0 radical (unpaired) electrons. The Hall–Kier alpha value is -0.120. The molecule has 0 aliphatic carbocycles. The molecular formula is C19H38IN5O. The van der Waals surface area contributed by atoms with E-state index in [4.69, 9.17) is 4.74 Å². The van der Waals surface area contributed by atoms with Gasteiger partial charge in [-0.2, -0.15) is 0 Å². The Morgan fingerprint density at radius 1 is 1.12 bits per heavy atom. The number of aliphatic imine (C=N–C) groups is 1. The molecule has 0 aromatic rings. The quantitative estimate of drug-likeness (QED) is 0.370. The van der Waals surface area contributed by atoms with E-state index in [0.29, 0.717) is 6.04 Å².